The van der Waals surface area contributed by atoms with Crippen LogP contribution in [-0.2, 0) is 6.54 Å². The smallest absolute Gasteiger partial charge is 0.139 e. The van der Waals surface area contributed by atoms with Crippen LogP contribution in [0.4, 0.5) is 10.1 Å². The molecule has 0 heterocycles. The zero-order chi connectivity index (χ0) is 13.1. The summed E-state index contributed by atoms with van der Waals surface area (Å²) in [6.07, 6.45) is 0. The topological polar surface area (TPSA) is 32.3 Å². The normalized spacial score (nSPS) is 10.4. The number of hydrogen-bond donors (Lipinski definition) is 2. The first-order valence-corrected chi connectivity index (χ1v) is 6.81. The van der Waals surface area contributed by atoms with Crippen molar-refractivity contribution in [3.8, 4) is 5.75 Å². The van der Waals surface area contributed by atoms with Crippen molar-refractivity contribution < 1.29 is 9.50 Å². The maximum absolute atomic E-state index is 13.3. The van der Waals surface area contributed by atoms with E-state index in [1.165, 1.54) is 6.07 Å². The second-order valence-corrected chi connectivity index (χ2v) is 5.53. The molecule has 0 aliphatic rings. The van der Waals surface area contributed by atoms with E-state index in [4.69, 9.17) is 0 Å². The van der Waals surface area contributed by atoms with Gasteiger partial charge in [0.25, 0.3) is 0 Å². The van der Waals surface area contributed by atoms with Crippen LogP contribution in [0, 0.1) is 5.82 Å². The van der Waals surface area contributed by atoms with Crippen molar-refractivity contribution in [3.05, 3.63) is 56.7 Å². The Kier molecular flexibility index (Phi) is 4.24. The van der Waals surface area contributed by atoms with Gasteiger partial charge in [0.1, 0.15) is 11.6 Å². The highest BCUT2D eigenvalue weighted by Crippen LogP contribution is 2.24. The SMILES string of the molecule is Oc1ccc(Br)cc1CNc1ccc(Br)c(F)c1. The van der Waals surface area contributed by atoms with Gasteiger partial charge >= 0.3 is 0 Å². The Bertz CT molecular complexity index is 575. The molecule has 94 valence electrons. The Morgan fingerprint density at radius 3 is 2.61 bits per heavy atom. The highest BCUT2D eigenvalue weighted by atomic mass is 79.9. The van der Waals surface area contributed by atoms with Crippen molar-refractivity contribution in [2.75, 3.05) is 5.32 Å². The first kappa shape index (κ1) is 13.4. The quantitative estimate of drug-likeness (QED) is 0.818. The number of aromatic hydroxyl groups is 1. The summed E-state index contributed by atoms with van der Waals surface area (Å²) >= 11 is 6.44. The van der Waals surface area contributed by atoms with Gasteiger partial charge in [0.05, 0.1) is 4.47 Å². The number of anilines is 1. The lowest BCUT2D eigenvalue weighted by Crippen LogP contribution is -2.00. The van der Waals surface area contributed by atoms with Crippen LogP contribution in [0.1, 0.15) is 5.56 Å². The molecule has 0 bridgehead atoms. The zero-order valence-corrected chi connectivity index (χ0v) is 12.4. The van der Waals surface area contributed by atoms with Crippen molar-refractivity contribution in [1.82, 2.24) is 0 Å². The van der Waals surface area contributed by atoms with E-state index in [0.29, 0.717) is 16.7 Å². The summed E-state index contributed by atoms with van der Waals surface area (Å²) in [4.78, 5) is 0. The van der Waals surface area contributed by atoms with E-state index in [9.17, 15) is 9.50 Å². The monoisotopic (exact) mass is 373 g/mol. The predicted octanol–water partition coefficient (Wildman–Crippen LogP) is 4.67. The molecule has 0 atom stereocenters. The first-order valence-electron chi connectivity index (χ1n) is 5.22. The first-order chi connectivity index (χ1) is 8.56. The van der Waals surface area contributed by atoms with Gasteiger partial charge in [0, 0.05) is 22.3 Å². The van der Waals surface area contributed by atoms with Crippen molar-refractivity contribution in [2.45, 2.75) is 6.54 Å². The molecule has 5 heteroatoms. The van der Waals surface area contributed by atoms with E-state index < -0.39 is 0 Å². The Morgan fingerprint density at radius 1 is 1.11 bits per heavy atom. The summed E-state index contributed by atoms with van der Waals surface area (Å²) in [6, 6.07) is 10.00. The Balaban J connectivity index is 2.11. The number of hydrogen-bond acceptors (Lipinski definition) is 2. The molecule has 18 heavy (non-hydrogen) atoms. The van der Waals surface area contributed by atoms with Crippen molar-refractivity contribution in [2.24, 2.45) is 0 Å². The number of phenolic OH excluding ortho intramolecular Hbond substituents is 1. The van der Waals surface area contributed by atoms with Gasteiger partial charge in [-0.25, -0.2) is 4.39 Å². The van der Waals surface area contributed by atoms with Crippen LogP contribution in [0.2, 0.25) is 0 Å². The molecule has 0 saturated carbocycles. The largest absolute Gasteiger partial charge is 0.508 e. The number of benzene rings is 2. The third-order valence-electron chi connectivity index (χ3n) is 2.44. The summed E-state index contributed by atoms with van der Waals surface area (Å²) in [5.74, 6) is -0.109. The molecule has 2 nitrogen and oxygen atoms in total. The third-order valence-corrected chi connectivity index (χ3v) is 3.58. The number of nitrogens with one attached hydrogen (secondary N) is 1. The van der Waals surface area contributed by atoms with Gasteiger partial charge in [0.2, 0.25) is 0 Å². The molecule has 0 amide bonds. The van der Waals surface area contributed by atoms with Crippen LogP contribution < -0.4 is 5.32 Å². The minimum atomic E-state index is -0.321. The summed E-state index contributed by atoms with van der Waals surface area (Å²) in [6.45, 7) is 0.423. The fourth-order valence-corrected chi connectivity index (χ4v) is 2.15. The molecule has 2 aromatic carbocycles. The van der Waals surface area contributed by atoms with Gasteiger partial charge in [-0.1, -0.05) is 15.9 Å². The highest BCUT2D eigenvalue weighted by Gasteiger charge is 2.04. The van der Waals surface area contributed by atoms with Crippen LogP contribution in [0.25, 0.3) is 0 Å². The van der Waals surface area contributed by atoms with E-state index >= 15 is 0 Å². The summed E-state index contributed by atoms with van der Waals surface area (Å²) < 4.78 is 14.6. The molecule has 2 rings (SSSR count). The Labute approximate surface area is 121 Å². The van der Waals surface area contributed by atoms with Crippen LogP contribution in [0.5, 0.6) is 5.75 Å². The molecule has 0 aromatic heterocycles. The summed E-state index contributed by atoms with van der Waals surface area (Å²) in [5.41, 5.74) is 1.41. The second-order valence-electron chi connectivity index (χ2n) is 3.76. The average Bonchev–Trinajstić information content (AvgIpc) is 2.34. The molecule has 2 aromatic rings. The van der Waals surface area contributed by atoms with Gasteiger partial charge in [-0.2, -0.15) is 0 Å². The Hall–Kier alpha value is -1.07. The molecule has 0 radical (unpaired) electrons. The van der Waals surface area contributed by atoms with Crippen LogP contribution in [0.3, 0.4) is 0 Å². The zero-order valence-electron chi connectivity index (χ0n) is 9.25. The molecule has 0 aliphatic carbocycles. The standard InChI is InChI=1S/C13H10Br2FNO/c14-9-1-4-13(18)8(5-9)7-17-10-2-3-11(15)12(16)6-10/h1-6,17-18H,7H2. The fourth-order valence-electron chi connectivity index (χ4n) is 1.50. The summed E-state index contributed by atoms with van der Waals surface area (Å²) in [7, 11) is 0. The van der Waals surface area contributed by atoms with Crippen molar-refractivity contribution in [1.29, 1.82) is 0 Å². The van der Waals surface area contributed by atoms with Gasteiger partial charge in [-0.05, 0) is 52.3 Å². The molecule has 0 saturated heterocycles. The van der Waals surface area contributed by atoms with E-state index in [2.05, 4.69) is 37.2 Å². The molecule has 2 N–H and O–H groups in total. The Morgan fingerprint density at radius 2 is 1.89 bits per heavy atom. The van der Waals surface area contributed by atoms with Crippen molar-refractivity contribution in [3.63, 3.8) is 0 Å². The minimum Gasteiger partial charge on any atom is -0.508 e. The van der Waals surface area contributed by atoms with Gasteiger partial charge < -0.3 is 10.4 Å². The number of phenols is 1. The maximum atomic E-state index is 13.3. The van der Waals surface area contributed by atoms with Crippen molar-refractivity contribution >= 4 is 37.5 Å². The number of rotatable bonds is 3. The highest BCUT2D eigenvalue weighted by molar-refractivity contribution is 9.10. The molecule has 0 unspecified atom stereocenters. The lowest BCUT2D eigenvalue weighted by atomic mass is 10.2. The second kappa shape index (κ2) is 5.71. The third kappa shape index (κ3) is 3.23. The molecule has 0 aliphatic heterocycles. The van der Waals surface area contributed by atoms with Crippen LogP contribution in [-0.4, -0.2) is 5.11 Å². The van der Waals surface area contributed by atoms with E-state index in [1.807, 2.05) is 6.07 Å². The van der Waals surface area contributed by atoms with E-state index in [0.717, 1.165) is 10.0 Å². The van der Waals surface area contributed by atoms with Gasteiger partial charge in [-0.3, -0.25) is 0 Å². The minimum absolute atomic E-state index is 0.211. The van der Waals surface area contributed by atoms with Crippen LogP contribution >= 0.6 is 31.9 Å². The average molecular weight is 375 g/mol. The number of halogens is 3. The molecule has 0 fully saturated rings. The summed E-state index contributed by atoms with van der Waals surface area (Å²) in [5, 5.41) is 12.7. The fraction of sp³-hybridized carbons (Fsp3) is 0.0769. The van der Waals surface area contributed by atoms with E-state index in [-0.39, 0.29) is 11.6 Å². The predicted molar refractivity (Wildman–Crippen MR) is 77.2 cm³/mol. The van der Waals surface area contributed by atoms with Gasteiger partial charge in [-0.15, -0.1) is 0 Å². The molecule has 0 spiro atoms. The van der Waals surface area contributed by atoms with E-state index in [1.54, 1.807) is 24.3 Å². The molecular formula is C13H10Br2FNO. The van der Waals surface area contributed by atoms with Crippen LogP contribution in [0.15, 0.2) is 45.3 Å². The lowest BCUT2D eigenvalue weighted by molar-refractivity contribution is 0.469. The van der Waals surface area contributed by atoms with Gasteiger partial charge in [0.15, 0.2) is 0 Å². The maximum Gasteiger partial charge on any atom is 0.139 e. The lowest BCUT2D eigenvalue weighted by Gasteiger charge is -2.09. The molecular weight excluding hydrogens is 365 g/mol.